The van der Waals surface area contributed by atoms with E-state index in [9.17, 15) is 8.42 Å². The Kier molecular flexibility index (Phi) is 2.48. The molecule has 0 aliphatic carbocycles. The minimum atomic E-state index is -3.01. The van der Waals surface area contributed by atoms with Crippen LogP contribution in [-0.4, -0.2) is 19.7 Å². The topological polar surface area (TPSA) is 49.9 Å². The SMILES string of the molecule is CS(=O)(=O)Cc1c[nH]c2ccc(Cl)cc12. The number of H-pyrrole nitrogens is 1. The van der Waals surface area contributed by atoms with Gasteiger partial charge in [0.1, 0.15) is 0 Å². The number of aromatic amines is 1. The van der Waals surface area contributed by atoms with E-state index >= 15 is 0 Å². The first-order valence-corrected chi connectivity index (χ1v) is 6.83. The largest absolute Gasteiger partial charge is 0.361 e. The van der Waals surface area contributed by atoms with E-state index in [0.717, 1.165) is 16.5 Å². The molecule has 2 rings (SSSR count). The molecular formula is C10H10ClNO2S. The summed E-state index contributed by atoms with van der Waals surface area (Å²) in [5.74, 6) is 0.0351. The Morgan fingerprint density at radius 2 is 2.13 bits per heavy atom. The van der Waals surface area contributed by atoms with E-state index in [4.69, 9.17) is 11.6 Å². The van der Waals surface area contributed by atoms with Gasteiger partial charge in [0.25, 0.3) is 0 Å². The van der Waals surface area contributed by atoms with E-state index in [-0.39, 0.29) is 5.75 Å². The number of sulfone groups is 1. The lowest BCUT2D eigenvalue weighted by molar-refractivity contribution is 0.601. The van der Waals surface area contributed by atoms with Crippen LogP contribution in [0.1, 0.15) is 5.56 Å². The molecule has 0 atom stereocenters. The van der Waals surface area contributed by atoms with Gasteiger partial charge >= 0.3 is 0 Å². The summed E-state index contributed by atoms with van der Waals surface area (Å²) < 4.78 is 22.4. The molecule has 1 aromatic heterocycles. The Hall–Kier alpha value is -1.00. The standard InChI is InChI=1S/C10H10ClNO2S/c1-15(13,14)6-7-5-12-10-3-2-8(11)4-9(7)10/h2-5,12H,6H2,1H3. The number of hydrogen-bond donors (Lipinski definition) is 1. The zero-order valence-electron chi connectivity index (χ0n) is 8.12. The molecule has 0 aliphatic heterocycles. The number of rotatable bonds is 2. The fourth-order valence-corrected chi connectivity index (χ4v) is 2.53. The fraction of sp³-hybridized carbons (Fsp3) is 0.200. The second-order valence-electron chi connectivity index (χ2n) is 3.57. The van der Waals surface area contributed by atoms with Crippen LogP contribution in [0.5, 0.6) is 0 Å². The summed E-state index contributed by atoms with van der Waals surface area (Å²) in [7, 11) is -3.01. The summed E-state index contributed by atoms with van der Waals surface area (Å²) >= 11 is 5.86. The van der Waals surface area contributed by atoms with Gasteiger partial charge in [0.05, 0.1) is 5.75 Å². The molecule has 0 fully saturated rings. The molecule has 1 aromatic carbocycles. The van der Waals surface area contributed by atoms with E-state index in [0.29, 0.717) is 5.02 Å². The molecular weight excluding hydrogens is 234 g/mol. The number of aromatic nitrogens is 1. The molecule has 5 heteroatoms. The van der Waals surface area contributed by atoms with Crippen molar-refractivity contribution in [3.8, 4) is 0 Å². The molecule has 2 aromatic rings. The number of benzene rings is 1. The molecule has 0 bridgehead atoms. The third-order valence-electron chi connectivity index (χ3n) is 2.15. The fourth-order valence-electron chi connectivity index (χ4n) is 1.55. The van der Waals surface area contributed by atoms with Crippen molar-refractivity contribution >= 4 is 32.3 Å². The van der Waals surface area contributed by atoms with Gasteiger partial charge in [-0.2, -0.15) is 0 Å². The molecule has 1 heterocycles. The Balaban J connectivity index is 2.57. The number of nitrogens with one attached hydrogen (secondary N) is 1. The Morgan fingerprint density at radius 1 is 1.40 bits per heavy atom. The van der Waals surface area contributed by atoms with Crippen molar-refractivity contribution < 1.29 is 8.42 Å². The normalized spacial score (nSPS) is 12.1. The summed E-state index contributed by atoms with van der Waals surface area (Å²) in [6.45, 7) is 0. The van der Waals surface area contributed by atoms with Gasteiger partial charge in [0.15, 0.2) is 9.84 Å². The third-order valence-corrected chi connectivity index (χ3v) is 3.22. The van der Waals surface area contributed by atoms with Gasteiger partial charge in [0.2, 0.25) is 0 Å². The molecule has 0 aliphatic rings. The van der Waals surface area contributed by atoms with Crippen LogP contribution in [0.4, 0.5) is 0 Å². The lowest BCUT2D eigenvalue weighted by Gasteiger charge is -1.97. The van der Waals surface area contributed by atoms with E-state index < -0.39 is 9.84 Å². The predicted octanol–water partition coefficient (Wildman–Crippen LogP) is 2.37. The molecule has 0 unspecified atom stereocenters. The van der Waals surface area contributed by atoms with Gasteiger partial charge in [-0.15, -0.1) is 0 Å². The summed E-state index contributed by atoms with van der Waals surface area (Å²) in [5, 5.41) is 1.48. The molecule has 80 valence electrons. The van der Waals surface area contributed by atoms with Crippen LogP contribution in [-0.2, 0) is 15.6 Å². The summed E-state index contributed by atoms with van der Waals surface area (Å²) in [5.41, 5.74) is 1.66. The lowest BCUT2D eigenvalue weighted by Crippen LogP contribution is -1.99. The number of fused-ring (bicyclic) bond motifs is 1. The van der Waals surface area contributed by atoms with E-state index in [1.54, 1.807) is 18.3 Å². The first-order valence-electron chi connectivity index (χ1n) is 4.39. The Labute approximate surface area is 93.0 Å². The van der Waals surface area contributed by atoms with E-state index in [1.807, 2.05) is 6.07 Å². The highest BCUT2D eigenvalue weighted by Gasteiger charge is 2.09. The molecule has 15 heavy (non-hydrogen) atoms. The molecule has 1 N–H and O–H groups in total. The zero-order chi connectivity index (χ0) is 11.1. The monoisotopic (exact) mass is 243 g/mol. The first kappa shape index (κ1) is 10.5. The van der Waals surface area contributed by atoms with Gasteiger partial charge in [-0.05, 0) is 23.8 Å². The third kappa shape index (κ3) is 2.33. The first-order chi connectivity index (χ1) is 6.96. The highest BCUT2D eigenvalue weighted by atomic mass is 35.5. The smallest absolute Gasteiger partial charge is 0.151 e. The highest BCUT2D eigenvalue weighted by Crippen LogP contribution is 2.23. The van der Waals surface area contributed by atoms with E-state index in [2.05, 4.69) is 4.98 Å². The summed E-state index contributed by atoms with van der Waals surface area (Å²) in [6, 6.07) is 5.38. The van der Waals surface area contributed by atoms with Crippen LogP contribution >= 0.6 is 11.6 Å². The number of halogens is 1. The number of hydrogen-bond acceptors (Lipinski definition) is 2. The highest BCUT2D eigenvalue weighted by molar-refractivity contribution is 7.89. The Bertz CT molecular complexity index is 601. The van der Waals surface area contributed by atoms with Crippen molar-refractivity contribution in [3.05, 3.63) is 35.0 Å². The average Bonchev–Trinajstić information content (AvgIpc) is 2.46. The predicted molar refractivity (Wildman–Crippen MR) is 61.9 cm³/mol. The summed E-state index contributed by atoms with van der Waals surface area (Å²) in [4.78, 5) is 3.01. The van der Waals surface area contributed by atoms with Crippen molar-refractivity contribution in [3.63, 3.8) is 0 Å². The lowest BCUT2D eigenvalue weighted by atomic mass is 10.2. The molecule has 0 radical (unpaired) electrons. The molecule has 0 amide bonds. The van der Waals surface area contributed by atoms with Gasteiger partial charge in [-0.25, -0.2) is 8.42 Å². The second-order valence-corrected chi connectivity index (χ2v) is 6.15. The summed E-state index contributed by atoms with van der Waals surface area (Å²) in [6.07, 6.45) is 2.93. The molecule has 0 spiro atoms. The molecule has 0 saturated heterocycles. The van der Waals surface area contributed by atoms with Crippen molar-refractivity contribution in [2.75, 3.05) is 6.26 Å². The van der Waals surface area contributed by atoms with Crippen LogP contribution in [0.15, 0.2) is 24.4 Å². The van der Waals surface area contributed by atoms with E-state index in [1.165, 1.54) is 6.26 Å². The van der Waals surface area contributed by atoms with Gasteiger partial charge < -0.3 is 4.98 Å². The molecule has 3 nitrogen and oxygen atoms in total. The quantitative estimate of drug-likeness (QED) is 0.880. The van der Waals surface area contributed by atoms with Crippen molar-refractivity contribution in [2.45, 2.75) is 5.75 Å². The van der Waals surface area contributed by atoms with Crippen molar-refractivity contribution in [1.29, 1.82) is 0 Å². The van der Waals surface area contributed by atoms with Crippen molar-refractivity contribution in [1.82, 2.24) is 4.98 Å². The minimum Gasteiger partial charge on any atom is -0.361 e. The average molecular weight is 244 g/mol. The maximum absolute atomic E-state index is 11.2. The Morgan fingerprint density at radius 3 is 2.80 bits per heavy atom. The van der Waals surface area contributed by atoms with Gasteiger partial charge in [-0.3, -0.25) is 0 Å². The van der Waals surface area contributed by atoms with Gasteiger partial charge in [0, 0.05) is 28.4 Å². The minimum absolute atomic E-state index is 0.0351. The van der Waals surface area contributed by atoms with Crippen LogP contribution < -0.4 is 0 Å². The van der Waals surface area contributed by atoms with Crippen LogP contribution in [0.2, 0.25) is 5.02 Å². The maximum atomic E-state index is 11.2. The molecule has 0 saturated carbocycles. The zero-order valence-corrected chi connectivity index (χ0v) is 9.69. The maximum Gasteiger partial charge on any atom is 0.151 e. The van der Waals surface area contributed by atoms with Gasteiger partial charge in [-0.1, -0.05) is 11.6 Å². The van der Waals surface area contributed by atoms with Crippen LogP contribution in [0.25, 0.3) is 10.9 Å². The van der Waals surface area contributed by atoms with Crippen LogP contribution in [0, 0.1) is 0 Å². The van der Waals surface area contributed by atoms with Crippen molar-refractivity contribution in [2.24, 2.45) is 0 Å². The second kappa shape index (κ2) is 3.54. The van der Waals surface area contributed by atoms with Crippen LogP contribution in [0.3, 0.4) is 0 Å².